The minimum absolute atomic E-state index is 0. The Labute approximate surface area is 194 Å². The number of rotatable bonds is 7. The number of hydrogen-bond donors (Lipinski definition) is 2. The third-order valence-corrected chi connectivity index (χ3v) is 5.01. The van der Waals surface area contributed by atoms with Crippen LogP contribution in [0.3, 0.4) is 0 Å². The molecule has 0 bridgehead atoms. The van der Waals surface area contributed by atoms with Crippen LogP contribution in [0.5, 0.6) is 0 Å². The van der Waals surface area contributed by atoms with Crippen LogP contribution in [0.15, 0.2) is 53.8 Å². The summed E-state index contributed by atoms with van der Waals surface area (Å²) in [7, 11) is 1.72. The lowest BCUT2D eigenvalue weighted by Crippen LogP contribution is -2.49. The van der Waals surface area contributed by atoms with E-state index < -0.39 is 0 Å². The van der Waals surface area contributed by atoms with Crippen LogP contribution >= 0.6 is 24.0 Å². The molecule has 1 aliphatic heterocycles. The van der Waals surface area contributed by atoms with Gasteiger partial charge < -0.3 is 25.0 Å². The first kappa shape index (κ1) is 24.0. The Morgan fingerprint density at radius 2 is 1.67 bits per heavy atom. The van der Waals surface area contributed by atoms with Crippen molar-refractivity contribution in [2.24, 2.45) is 4.99 Å². The molecule has 164 valence electrons. The van der Waals surface area contributed by atoms with Crippen LogP contribution in [0, 0.1) is 5.82 Å². The van der Waals surface area contributed by atoms with Crippen molar-refractivity contribution in [1.29, 1.82) is 0 Å². The third-order valence-electron chi connectivity index (χ3n) is 5.01. The van der Waals surface area contributed by atoms with Crippen molar-refractivity contribution in [2.45, 2.75) is 13.0 Å². The summed E-state index contributed by atoms with van der Waals surface area (Å²) in [6.45, 7) is 5.03. The van der Waals surface area contributed by atoms with Crippen molar-refractivity contribution >= 4 is 41.5 Å². The highest BCUT2D eigenvalue weighted by Crippen LogP contribution is 2.17. The van der Waals surface area contributed by atoms with Crippen LogP contribution in [0.25, 0.3) is 0 Å². The van der Waals surface area contributed by atoms with E-state index >= 15 is 0 Å². The molecule has 30 heavy (non-hydrogen) atoms. The quantitative estimate of drug-likeness (QED) is 0.329. The summed E-state index contributed by atoms with van der Waals surface area (Å²) < 4.78 is 15.2. The molecule has 2 aromatic rings. The average Bonchev–Trinajstić information content (AvgIpc) is 3.27. The number of guanidine groups is 1. The molecule has 3 rings (SSSR count). The van der Waals surface area contributed by atoms with Crippen LogP contribution in [0.1, 0.15) is 6.42 Å². The topological polar surface area (TPSA) is 64.9 Å². The zero-order valence-electron chi connectivity index (χ0n) is 17.3. The van der Waals surface area contributed by atoms with E-state index in [0.29, 0.717) is 32.0 Å². The summed E-state index contributed by atoms with van der Waals surface area (Å²) in [4.78, 5) is 20.7. The maximum absolute atomic E-state index is 13.1. The van der Waals surface area contributed by atoms with E-state index in [1.165, 1.54) is 12.1 Å². The number of nitrogens with zero attached hydrogens (tertiary/aromatic N) is 4. The van der Waals surface area contributed by atoms with E-state index in [2.05, 4.69) is 25.1 Å². The molecule has 0 spiro atoms. The largest absolute Gasteiger partial charge is 0.368 e. The molecule has 0 aliphatic carbocycles. The van der Waals surface area contributed by atoms with Gasteiger partial charge in [-0.05, 0) is 36.4 Å². The van der Waals surface area contributed by atoms with Crippen LogP contribution in [0.4, 0.5) is 10.1 Å². The highest BCUT2D eigenvalue weighted by atomic mass is 127. The normalized spacial score (nSPS) is 14.3. The number of anilines is 1. The minimum Gasteiger partial charge on any atom is -0.368 e. The number of halogens is 2. The van der Waals surface area contributed by atoms with Gasteiger partial charge in [-0.2, -0.15) is 0 Å². The predicted molar refractivity (Wildman–Crippen MR) is 129 cm³/mol. The molecular formula is C21H30FIN6O. The van der Waals surface area contributed by atoms with Gasteiger partial charge >= 0.3 is 0 Å². The number of hydrogen-bond acceptors (Lipinski definition) is 3. The van der Waals surface area contributed by atoms with Gasteiger partial charge in [0.2, 0.25) is 5.91 Å². The predicted octanol–water partition coefficient (Wildman–Crippen LogP) is 2.15. The highest BCUT2D eigenvalue weighted by Gasteiger charge is 2.21. The second-order valence-corrected chi connectivity index (χ2v) is 6.94. The Hall–Kier alpha value is -2.30. The van der Waals surface area contributed by atoms with Crippen molar-refractivity contribution in [2.75, 3.05) is 51.2 Å². The average molecular weight is 528 g/mol. The van der Waals surface area contributed by atoms with Crippen molar-refractivity contribution in [1.82, 2.24) is 20.1 Å². The standard InChI is InChI=1S/C21H29FN6O.HI/c1-23-21(25-10-13-26-11-2-3-12-26)24-9-8-20(29)28-16-14-27(15-17-28)19-6-4-18(22)5-7-19;/h2-7,11-12H,8-10,13-17H2,1H3,(H2,23,24,25);1H. The van der Waals surface area contributed by atoms with Gasteiger partial charge in [0, 0.05) is 77.4 Å². The van der Waals surface area contributed by atoms with E-state index in [9.17, 15) is 9.18 Å². The van der Waals surface area contributed by atoms with Crippen molar-refractivity contribution in [3.8, 4) is 0 Å². The molecule has 0 unspecified atom stereocenters. The first-order valence-electron chi connectivity index (χ1n) is 9.99. The Balaban J connectivity index is 0.00000320. The summed E-state index contributed by atoms with van der Waals surface area (Å²) in [5, 5.41) is 6.44. The molecule has 1 aromatic carbocycles. The molecule has 1 saturated heterocycles. The van der Waals surface area contributed by atoms with E-state index in [1.54, 1.807) is 19.2 Å². The molecule has 0 atom stereocenters. The molecule has 1 aliphatic rings. The van der Waals surface area contributed by atoms with Crippen molar-refractivity contribution in [3.05, 3.63) is 54.6 Å². The molecule has 7 nitrogen and oxygen atoms in total. The fourth-order valence-electron chi connectivity index (χ4n) is 3.36. The number of aromatic nitrogens is 1. The first-order valence-corrected chi connectivity index (χ1v) is 9.99. The number of carbonyl (C=O) groups is 1. The first-order chi connectivity index (χ1) is 14.2. The van der Waals surface area contributed by atoms with Gasteiger partial charge in [-0.25, -0.2) is 4.39 Å². The fourth-order valence-corrected chi connectivity index (χ4v) is 3.36. The number of amides is 1. The monoisotopic (exact) mass is 528 g/mol. The lowest BCUT2D eigenvalue weighted by Gasteiger charge is -2.36. The SMILES string of the molecule is CN=C(NCCC(=O)N1CCN(c2ccc(F)cc2)CC1)NCCn1cccc1.I. The Kier molecular flexibility index (Phi) is 9.92. The minimum atomic E-state index is -0.232. The lowest BCUT2D eigenvalue weighted by molar-refractivity contribution is -0.131. The molecule has 1 fully saturated rings. The number of aliphatic imine (C=N–C) groups is 1. The lowest BCUT2D eigenvalue weighted by atomic mass is 10.2. The number of piperazine rings is 1. The van der Waals surface area contributed by atoms with Gasteiger partial charge in [0.15, 0.2) is 5.96 Å². The third kappa shape index (κ3) is 7.19. The van der Waals surface area contributed by atoms with Crippen molar-refractivity contribution < 1.29 is 9.18 Å². The van der Waals surface area contributed by atoms with E-state index in [1.807, 2.05) is 29.4 Å². The number of benzene rings is 1. The molecule has 2 N–H and O–H groups in total. The van der Waals surface area contributed by atoms with E-state index in [-0.39, 0.29) is 35.7 Å². The summed E-state index contributed by atoms with van der Waals surface area (Å²) in [5.41, 5.74) is 0.995. The Bertz CT molecular complexity index is 788. The maximum Gasteiger partial charge on any atom is 0.224 e. The zero-order valence-corrected chi connectivity index (χ0v) is 19.6. The summed E-state index contributed by atoms with van der Waals surface area (Å²) >= 11 is 0. The van der Waals surface area contributed by atoms with Crippen LogP contribution < -0.4 is 15.5 Å². The smallest absolute Gasteiger partial charge is 0.224 e. The van der Waals surface area contributed by atoms with Gasteiger partial charge in [0.1, 0.15) is 5.82 Å². The van der Waals surface area contributed by atoms with Crippen LogP contribution in [-0.2, 0) is 11.3 Å². The van der Waals surface area contributed by atoms with Crippen LogP contribution in [-0.4, -0.2) is 67.6 Å². The zero-order chi connectivity index (χ0) is 20.5. The van der Waals surface area contributed by atoms with Crippen molar-refractivity contribution in [3.63, 3.8) is 0 Å². The Morgan fingerprint density at radius 1 is 1.03 bits per heavy atom. The number of carbonyl (C=O) groups excluding carboxylic acids is 1. The number of nitrogens with one attached hydrogen (secondary N) is 2. The molecule has 1 amide bonds. The summed E-state index contributed by atoms with van der Waals surface area (Å²) in [6, 6.07) is 10.5. The van der Waals surface area contributed by atoms with Gasteiger partial charge in [0.05, 0.1) is 0 Å². The molecule has 2 heterocycles. The summed E-state index contributed by atoms with van der Waals surface area (Å²) in [6.07, 6.45) is 4.47. The molecule has 0 radical (unpaired) electrons. The molecule has 0 saturated carbocycles. The molecular weight excluding hydrogens is 498 g/mol. The van der Waals surface area contributed by atoms with Gasteiger partial charge in [-0.15, -0.1) is 24.0 Å². The van der Waals surface area contributed by atoms with Gasteiger partial charge in [-0.1, -0.05) is 0 Å². The second-order valence-electron chi connectivity index (χ2n) is 6.94. The highest BCUT2D eigenvalue weighted by molar-refractivity contribution is 14.0. The Morgan fingerprint density at radius 3 is 2.30 bits per heavy atom. The second kappa shape index (κ2) is 12.4. The molecule has 9 heteroatoms. The van der Waals surface area contributed by atoms with E-state index in [0.717, 1.165) is 31.9 Å². The van der Waals surface area contributed by atoms with Gasteiger partial charge in [-0.3, -0.25) is 9.79 Å². The maximum atomic E-state index is 13.1. The van der Waals surface area contributed by atoms with Gasteiger partial charge in [0.25, 0.3) is 0 Å². The fraction of sp³-hybridized carbons (Fsp3) is 0.429. The molecule has 1 aromatic heterocycles. The van der Waals surface area contributed by atoms with Crippen LogP contribution in [0.2, 0.25) is 0 Å². The van der Waals surface area contributed by atoms with E-state index in [4.69, 9.17) is 0 Å². The summed E-state index contributed by atoms with van der Waals surface area (Å²) in [5.74, 6) is 0.606.